The minimum absolute atomic E-state index is 0.240. The van der Waals surface area contributed by atoms with Crippen molar-refractivity contribution in [1.29, 1.82) is 0 Å². The second-order valence-electron chi connectivity index (χ2n) is 6.96. The molecule has 0 aliphatic carbocycles. The van der Waals surface area contributed by atoms with Gasteiger partial charge < -0.3 is 10.0 Å². The highest BCUT2D eigenvalue weighted by atomic mass is 16.3. The summed E-state index contributed by atoms with van der Waals surface area (Å²) in [5.74, 6) is -0.657. The summed E-state index contributed by atoms with van der Waals surface area (Å²) in [6, 6.07) is 20.3. The molecule has 3 aromatic carbocycles. The van der Waals surface area contributed by atoms with Crippen LogP contribution < -0.4 is 4.90 Å². The van der Waals surface area contributed by atoms with Gasteiger partial charge in [-0.05, 0) is 23.3 Å². The standard InChI is InChI=1S/C23H21NO3/c1-2-14-24-20-13-6-5-12-19(20)23(27,22(24)26)15-21(25)18-11-7-9-16-8-3-4-10-17(16)18/h3-13,27H,2,14-15H2,1H3/t23-/m1/s1. The highest BCUT2D eigenvalue weighted by molar-refractivity contribution is 6.13. The number of fused-ring (bicyclic) bond motifs is 2. The van der Waals surface area contributed by atoms with Crippen molar-refractivity contribution in [1.82, 2.24) is 0 Å². The molecule has 0 bridgehead atoms. The molecule has 0 saturated carbocycles. The quantitative estimate of drug-likeness (QED) is 0.699. The molecule has 3 aromatic rings. The number of aliphatic hydroxyl groups is 1. The SMILES string of the molecule is CCCN1C(=O)[C@@](O)(CC(=O)c2cccc3ccccc23)c2ccccc21. The predicted octanol–water partition coefficient (Wildman–Crippen LogP) is 4.06. The molecular weight excluding hydrogens is 338 g/mol. The van der Waals surface area contributed by atoms with E-state index in [1.54, 1.807) is 23.1 Å². The third-order valence-electron chi connectivity index (χ3n) is 5.19. The van der Waals surface area contributed by atoms with Crippen molar-refractivity contribution < 1.29 is 14.7 Å². The Hall–Kier alpha value is -2.98. The zero-order valence-corrected chi connectivity index (χ0v) is 15.2. The van der Waals surface area contributed by atoms with Crippen LogP contribution in [-0.2, 0) is 10.4 Å². The van der Waals surface area contributed by atoms with Crippen LogP contribution in [0.5, 0.6) is 0 Å². The van der Waals surface area contributed by atoms with Crippen LogP contribution >= 0.6 is 0 Å². The molecule has 1 atom stereocenters. The van der Waals surface area contributed by atoms with Crippen molar-refractivity contribution in [3.8, 4) is 0 Å². The highest BCUT2D eigenvalue weighted by Gasteiger charge is 2.50. The summed E-state index contributed by atoms with van der Waals surface area (Å²) >= 11 is 0. The third-order valence-corrected chi connectivity index (χ3v) is 5.19. The Kier molecular flexibility index (Phi) is 4.28. The van der Waals surface area contributed by atoms with Gasteiger partial charge in [-0.25, -0.2) is 0 Å². The molecule has 27 heavy (non-hydrogen) atoms. The topological polar surface area (TPSA) is 57.6 Å². The molecule has 0 unspecified atom stereocenters. The van der Waals surface area contributed by atoms with Gasteiger partial charge in [-0.15, -0.1) is 0 Å². The van der Waals surface area contributed by atoms with Gasteiger partial charge in [-0.3, -0.25) is 9.59 Å². The average Bonchev–Trinajstić information content (AvgIpc) is 2.90. The molecule has 1 heterocycles. The number of rotatable bonds is 5. The van der Waals surface area contributed by atoms with Crippen molar-refractivity contribution in [3.63, 3.8) is 0 Å². The van der Waals surface area contributed by atoms with E-state index in [9.17, 15) is 14.7 Å². The van der Waals surface area contributed by atoms with E-state index in [2.05, 4.69) is 0 Å². The molecule has 0 saturated heterocycles. The number of para-hydroxylation sites is 1. The molecule has 136 valence electrons. The molecule has 0 fully saturated rings. The Bertz CT molecular complexity index is 1040. The number of anilines is 1. The number of hydrogen-bond acceptors (Lipinski definition) is 3. The van der Waals surface area contributed by atoms with Crippen molar-refractivity contribution in [2.45, 2.75) is 25.4 Å². The first kappa shape index (κ1) is 17.4. The summed E-state index contributed by atoms with van der Waals surface area (Å²) in [4.78, 5) is 27.7. The molecule has 4 rings (SSSR count). The first-order valence-electron chi connectivity index (χ1n) is 9.21. The highest BCUT2D eigenvalue weighted by Crippen LogP contribution is 2.43. The van der Waals surface area contributed by atoms with Gasteiger partial charge in [0.2, 0.25) is 0 Å². The molecule has 1 aliphatic heterocycles. The lowest BCUT2D eigenvalue weighted by Crippen LogP contribution is -2.42. The van der Waals surface area contributed by atoms with Gasteiger partial charge in [0.15, 0.2) is 11.4 Å². The van der Waals surface area contributed by atoms with Crippen molar-refractivity contribution in [2.75, 3.05) is 11.4 Å². The van der Waals surface area contributed by atoms with Crippen LogP contribution in [0, 0.1) is 0 Å². The van der Waals surface area contributed by atoms with Gasteiger partial charge in [0.25, 0.3) is 5.91 Å². The van der Waals surface area contributed by atoms with Crippen LogP contribution in [0.15, 0.2) is 66.7 Å². The lowest BCUT2D eigenvalue weighted by molar-refractivity contribution is -0.135. The van der Waals surface area contributed by atoms with Crippen LogP contribution in [0.3, 0.4) is 0 Å². The summed E-state index contributed by atoms with van der Waals surface area (Å²) in [6.45, 7) is 2.50. The molecule has 4 heteroatoms. The predicted molar refractivity (Wildman–Crippen MR) is 106 cm³/mol. The van der Waals surface area contributed by atoms with Crippen molar-refractivity contribution >= 4 is 28.2 Å². The van der Waals surface area contributed by atoms with Crippen molar-refractivity contribution in [3.05, 3.63) is 77.9 Å². The molecule has 0 radical (unpaired) electrons. The Labute approximate surface area is 158 Å². The number of nitrogens with zero attached hydrogens (tertiary/aromatic N) is 1. The molecule has 0 spiro atoms. The van der Waals surface area contributed by atoms with E-state index < -0.39 is 11.5 Å². The second-order valence-corrected chi connectivity index (χ2v) is 6.96. The lowest BCUT2D eigenvalue weighted by atomic mass is 9.87. The van der Waals surface area contributed by atoms with Gasteiger partial charge in [0.1, 0.15) is 0 Å². The summed E-state index contributed by atoms with van der Waals surface area (Å²) in [6.07, 6.45) is 0.504. The number of hydrogen-bond donors (Lipinski definition) is 1. The van der Waals surface area contributed by atoms with Gasteiger partial charge in [-0.2, -0.15) is 0 Å². The Morgan fingerprint density at radius 3 is 2.52 bits per heavy atom. The zero-order valence-electron chi connectivity index (χ0n) is 15.2. The van der Waals surface area contributed by atoms with Gasteiger partial charge in [0.05, 0.1) is 12.1 Å². The summed E-state index contributed by atoms with van der Waals surface area (Å²) < 4.78 is 0. The van der Waals surface area contributed by atoms with E-state index in [1.165, 1.54) is 0 Å². The largest absolute Gasteiger partial charge is 0.375 e. The van der Waals surface area contributed by atoms with Crippen LogP contribution in [0.1, 0.15) is 35.7 Å². The number of ketones is 1. The number of carbonyl (C=O) groups excluding carboxylic acids is 2. The summed E-state index contributed by atoms with van der Waals surface area (Å²) in [5, 5.41) is 13.1. The maximum Gasteiger partial charge on any atom is 0.264 e. The summed E-state index contributed by atoms with van der Waals surface area (Å²) in [5.41, 5.74) is -0.0878. The Morgan fingerprint density at radius 2 is 1.70 bits per heavy atom. The molecule has 1 N–H and O–H groups in total. The number of benzene rings is 3. The van der Waals surface area contributed by atoms with E-state index in [4.69, 9.17) is 0 Å². The minimum atomic E-state index is -1.82. The fourth-order valence-electron chi connectivity index (χ4n) is 3.92. The average molecular weight is 359 g/mol. The Morgan fingerprint density at radius 1 is 1.00 bits per heavy atom. The zero-order chi connectivity index (χ0) is 19.0. The van der Waals surface area contributed by atoms with Gasteiger partial charge >= 0.3 is 0 Å². The molecule has 1 amide bonds. The third kappa shape index (κ3) is 2.73. The minimum Gasteiger partial charge on any atom is -0.375 e. The van der Waals surface area contributed by atoms with Crippen LogP contribution in [0.2, 0.25) is 0 Å². The van der Waals surface area contributed by atoms with Gasteiger partial charge in [-0.1, -0.05) is 67.6 Å². The number of Topliss-reactive ketones (excluding diaryl/α,β-unsaturated/α-hetero) is 1. The monoisotopic (exact) mass is 359 g/mol. The fourth-order valence-corrected chi connectivity index (χ4v) is 3.92. The number of amides is 1. The number of carbonyl (C=O) groups is 2. The molecule has 0 aromatic heterocycles. The molecular formula is C23H21NO3. The lowest BCUT2D eigenvalue weighted by Gasteiger charge is -2.22. The van der Waals surface area contributed by atoms with Gasteiger partial charge in [0, 0.05) is 17.7 Å². The first-order valence-corrected chi connectivity index (χ1v) is 9.21. The maximum absolute atomic E-state index is 13.1. The molecule has 4 nitrogen and oxygen atoms in total. The summed E-state index contributed by atoms with van der Waals surface area (Å²) in [7, 11) is 0. The Balaban J connectivity index is 1.75. The van der Waals surface area contributed by atoms with Crippen LogP contribution in [0.4, 0.5) is 5.69 Å². The first-order chi connectivity index (χ1) is 13.1. The normalized spacial score (nSPS) is 18.7. The fraction of sp³-hybridized carbons (Fsp3) is 0.217. The second kappa shape index (κ2) is 6.63. The van der Waals surface area contributed by atoms with E-state index in [-0.39, 0.29) is 12.2 Å². The molecule has 1 aliphatic rings. The van der Waals surface area contributed by atoms with E-state index in [1.807, 2.05) is 55.5 Å². The maximum atomic E-state index is 13.1. The van der Waals surface area contributed by atoms with Crippen LogP contribution in [0.25, 0.3) is 10.8 Å². The van der Waals surface area contributed by atoms with Crippen molar-refractivity contribution in [2.24, 2.45) is 0 Å². The van der Waals surface area contributed by atoms with E-state index >= 15 is 0 Å². The smallest absolute Gasteiger partial charge is 0.264 e. The van der Waals surface area contributed by atoms with E-state index in [0.29, 0.717) is 23.4 Å². The van der Waals surface area contributed by atoms with Crippen LogP contribution in [-0.4, -0.2) is 23.3 Å². The van der Waals surface area contributed by atoms with E-state index in [0.717, 1.165) is 17.2 Å².